The third-order valence-corrected chi connectivity index (χ3v) is 3.95. The minimum Gasteiger partial charge on any atom is -0.297 e. The molecule has 1 heterocycles. The van der Waals surface area contributed by atoms with Crippen molar-refractivity contribution in [1.82, 2.24) is 14.2 Å². The summed E-state index contributed by atoms with van der Waals surface area (Å²) in [5.74, 6) is 0. The van der Waals surface area contributed by atoms with E-state index in [1.165, 1.54) is 0 Å². The van der Waals surface area contributed by atoms with E-state index in [0.717, 1.165) is 33.4 Å². The minimum absolute atomic E-state index is 0.316. The Morgan fingerprint density at radius 3 is 1.00 bits per heavy atom. The summed E-state index contributed by atoms with van der Waals surface area (Å²) in [4.78, 5) is 0. The van der Waals surface area contributed by atoms with E-state index < -0.39 is 21.8 Å². The summed E-state index contributed by atoms with van der Waals surface area (Å²) in [5, 5.41) is 0. The van der Waals surface area contributed by atoms with Crippen LogP contribution in [0.2, 0.25) is 0 Å². The fourth-order valence-corrected chi connectivity index (χ4v) is 2.54. The topological polar surface area (TPSA) is 9.72 Å². The van der Waals surface area contributed by atoms with Gasteiger partial charge in [0.25, 0.3) is 0 Å². The van der Waals surface area contributed by atoms with Crippen LogP contribution in [0.15, 0.2) is 0 Å². The largest absolute Gasteiger partial charge is 0.505 e. The van der Waals surface area contributed by atoms with Crippen molar-refractivity contribution in [1.29, 1.82) is 0 Å². The fourth-order valence-electron chi connectivity index (χ4n) is 2.54. The Hall–Kier alpha value is -0.135. The van der Waals surface area contributed by atoms with Gasteiger partial charge in [-0.1, -0.05) is 40.0 Å². The van der Waals surface area contributed by atoms with E-state index in [0.29, 0.717) is 38.9 Å². The molecule has 0 aromatic rings. The second kappa shape index (κ2) is 9.80. The first-order chi connectivity index (χ1) is 10.1. The molecule has 0 saturated carbocycles. The molecule has 0 spiro atoms. The van der Waals surface area contributed by atoms with Gasteiger partial charge in [-0.2, -0.15) is 0 Å². The molecule has 0 radical (unpaired) electrons. The van der Waals surface area contributed by atoms with Crippen LogP contribution in [0.5, 0.6) is 0 Å². The monoisotopic (exact) mass is 303 g/mol. The zero-order chi connectivity index (χ0) is 15.8. The van der Waals surface area contributed by atoms with E-state index in [1.54, 1.807) is 0 Å². The molecule has 1 aliphatic heterocycles. The van der Waals surface area contributed by atoms with Crippen molar-refractivity contribution in [2.24, 2.45) is 0 Å². The van der Waals surface area contributed by atoms with Gasteiger partial charge in [-0.05, 0) is 38.9 Å². The van der Waals surface area contributed by atoms with E-state index >= 15 is 0 Å². The van der Waals surface area contributed by atoms with Crippen LogP contribution in [0.4, 0.5) is 12.9 Å². The van der Waals surface area contributed by atoms with Gasteiger partial charge in [0.2, 0.25) is 0 Å². The molecule has 0 N–H and O–H groups in total. The van der Waals surface area contributed by atoms with Crippen LogP contribution in [0.1, 0.15) is 59.3 Å². The molecule has 21 heavy (non-hydrogen) atoms. The van der Waals surface area contributed by atoms with E-state index in [2.05, 4.69) is 0 Å². The quantitative estimate of drug-likeness (QED) is 0.606. The summed E-state index contributed by atoms with van der Waals surface area (Å²) in [5.41, 5.74) is 0. The first-order valence-electron chi connectivity index (χ1n) is 8.27. The average Bonchev–Trinajstić information content (AvgIpc) is 2.47. The Kier molecular flexibility index (Phi) is 8.82. The van der Waals surface area contributed by atoms with Gasteiger partial charge >= 0.3 is 21.8 Å². The number of hydrogen-bond donors (Lipinski definition) is 0. The van der Waals surface area contributed by atoms with E-state index in [9.17, 15) is 12.9 Å². The van der Waals surface area contributed by atoms with E-state index in [4.69, 9.17) is 0 Å². The molecule has 1 aliphatic rings. The molecule has 0 aliphatic carbocycles. The molecule has 1 fully saturated rings. The first kappa shape index (κ1) is 18.9. The lowest BCUT2D eigenvalue weighted by molar-refractivity contribution is 0.325. The Labute approximate surface area is 128 Å². The molecule has 0 atom stereocenters. The maximum absolute atomic E-state index is 14.5. The third-order valence-electron chi connectivity index (χ3n) is 3.95. The molecule has 3 nitrogen and oxygen atoms in total. The predicted molar refractivity (Wildman–Crippen MR) is 85.4 cm³/mol. The van der Waals surface area contributed by atoms with Gasteiger partial charge in [0, 0.05) is 0 Å². The van der Waals surface area contributed by atoms with Gasteiger partial charge in [0.1, 0.15) is 0 Å². The number of nitrogens with zero attached hydrogens (tertiary/aromatic N) is 3. The predicted octanol–water partition coefficient (Wildman–Crippen LogP) is 3.17. The van der Waals surface area contributed by atoms with Gasteiger partial charge in [-0.25, -0.2) is 0 Å². The van der Waals surface area contributed by atoms with Gasteiger partial charge in [-0.3, -0.25) is 27.1 Å². The smallest absolute Gasteiger partial charge is 0.297 e. The maximum Gasteiger partial charge on any atom is 0.505 e. The lowest BCUT2D eigenvalue weighted by atomic mass is 9.65. The maximum atomic E-state index is 14.5. The van der Waals surface area contributed by atoms with Crippen molar-refractivity contribution in [2.45, 2.75) is 59.3 Å². The number of halogens is 3. The summed E-state index contributed by atoms with van der Waals surface area (Å²) in [6, 6.07) is 0. The Bertz CT molecular complexity index is 237. The Morgan fingerprint density at radius 1 is 0.571 bits per heavy atom. The van der Waals surface area contributed by atoms with Gasteiger partial charge in [-0.15, -0.1) is 0 Å². The van der Waals surface area contributed by atoms with Crippen molar-refractivity contribution in [3.8, 4) is 0 Å². The molecule has 0 amide bonds. The molecule has 0 unspecified atom stereocenters. The third kappa shape index (κ3) is 4.93. The lowest BCUT2D eigenvalue weighted by Gasteiger charge is -2.44. The summed E-state index contributed by atoms with van der Waals surface area (Å²) >= 11 is 0. The zero-order valence-electron chi connectivity index (χ0n) is 13.6. The highest BCUT2D eigenvalue weighted by atomic mass is 19.1. The molecule has 9 heteroatoms. The molecule has 0 aromatic carbocycles. The summed E-state index contributed by atoms with van der Waals surface area (Å²) in [6.45, 7) is 6.88. The van der Waals surface area contributed by atoms with Gasteiger partial charge < -0.3 is 0 Å². The summed E-state index contributed by atoms with van der Waals surface area (Å²) in [7, 11) is -5.03. The summed E-state index contributed by atoms with van der Waals surface area (Å²) in [6.07, 6.45) is 4.71. The first-order valence-corrected chi connectivity index (χ1v) is 8.27. The van der Waals surface area contributed by atoms with Crippen LogP contribution < -0.4 is 0 Å². The minimum atomic E-state index is -1.68. The van der Waals surface area contributed by atoms with Crippen molar-refractivity contribution >= 4 is 21.8 Å². The van der Waals surface area contributed by atoms with Crippen LogP contribution in [0.3, 0.4) is 0 Å². The fraction of sp³-hybridized carbons (Fsp3) is 1.00. The number of unbranched alkanes of at least 4 members (excludes halogenated alkanes) is 3. The van der Waals surface area contributed by atoms with Crippen molar-refractivity contribution in [3.63, 3.8) is 0 Å². The van der Waals surface area contributed by atoms with Crippen LogP contribution >= 0.6 is 0 Å². The number of rotatable bonds is 9. The molecule has 0 aromatic heterocycles. The van der Waals surface area contributed by atoms with Crippen LogP contribution in [-0.4, -0.2) is 55.6 Å². The normalized spacial score (nSPS) is 18.9. The standard InChI is InChI=1S/C12H27B3F3N3/c1-4-7-10-19-13(16)20(11-8-5-2)15(18)21(14(19)17)12-9-6-3/h4-12H2,1-3H3. The molecular weight excluding hydrogens is 276 g/mol. The lowest BCUT2D eigenvalue weighted by Crippen LogP contribution is -2.74. The highest BCUT2D eigenvalue weighted by Gasteiger charge is 2.56. The molecule has 1 saturated heterocycles. The Balaban J connectivity index is 2.82. The highest BCUT2D eigenvalue weighted by molar-refractivity contribution is 6.79. The number of hydrogen-bond acceptors (Lipinski definition) is 3. The average molecular weight is 303 g/mol. The van der Waals surface area contributed by atoms with Gasteiger partial charge in [0.15, 0.2) is 0 Å². The molecule has 1 rings (SSSR count). The SMILES string of the molecule is CCCCN1B(F)N(CCCC)B(F)N(CCCC)B1F. The highest BCUT2D eigenvalue weighted by Crippen LogP contribution is 2.23. The zero-order valence-corrected chi connectivity index (χ0v) is 13.6. The van der Waals surface area contributed by atoms with Crippen LogP contribution in [0.25, 0.3) is 0 Å². The second-order valence-corrected chi connectivity index (χ2v) is 5.71. The van der Waals surface area contributed by atoms with Crippen LogP contribution in [0, 0.1) is 0 Å². The molecule has 120 valence electrons. The van der Waals surface area contributed by atoms with Crippen molar-refractivity contribution in [3.05, 3.63) is 0 Å². The Morgan fingerprint density at radius 2 is 0.810 bits per heavy atom. The second-order valence-electron chi connectivity index (χ2n) is 5.71. The van der Waals surface area contributed by atoms with Crippen LogP contribution in [-0.2, 0) is 0 Å². The molecular formula is C12H27B3F3N3. The van der Waals surface area contributed by atoms with E-state index in [-0.39, 0.29) is 0 Å². The van der Waals surface area contributed by atoms with Gasteiger partial charge in [0.05, 0.1) is 0 Å². The van der Waals surface area contributed by atoms with E-state index in [1.807, 2.05) is 20.8 Å². The summed E-state index contributed by atoms with van der Waals surface area (Å²) < 4.78 is 46.9. The van der Waals surface area contributed by atoms with Crippen molar-refractivity contribution < 1.29 is 12.9 Å². The van der Waals surface area contributed by atoms with Crippen molar-refractivity contribution in [2.75, 3.05) is 19.6 Å². The molecule has 0 bridgehead atoms.